The van der Waals surface area contributed by atoms with E-state index in [9.17, 15) is 4.79 Å². The van der Waals surface area contributed by atoms with Crippen molar-refractivity contribution in [3.05, 3.63) is 16.6 Å². The number of rotatable bonds is 3. The molecule has 1 N–H and O–H groups in total. The van der Waals surface area contributed by atoms with Gasteiger partial charge in [-0.1, -0.05) is 28.8 Å². The van der Waals surface area contributed by atoms with Crippen molar-refractivity contribution >= 4 is 33.2 Å². The highest BCUT2D eigenvalue weighted by molar-refractivity contribution is 9.09. The van der Waals surface area contributed by atoms with Crippen LogP contribution < -0.4 is 5.32 Å². The van der Waals surface area contributed by atoms with Gasteiger partial charge in [-0.3, -0.25) is 9.78 Å². The molecule has 1 amide bonds. The predicted molar refractivity (Wildman–Crippen MR) is 69.1 cm³/mol. The average molecular weight is 303 g/mol. The Morgan fingerprint density at radius 3 is 3.06 bits per heavy atom. The van der Waals surface area contributed by atoms with Crippen LogP contribution in [0, 0.1) is 5.92 Å². The normalized spacial score (nSPS) is 25.3. The van der Waals surface area contributed by atoms with Crippen molar-refractivity contribution in [3.8, 4) is 0 Å². The zero-order valence-electron chi connectivity index (χ0n) is 8.99. The van der Waals surface area contributed by atoms with Gasteiger partial charge in [-0.2, -0.15) is 0 Å². The van der Waals surface area contributed by atoms with E-state index >= 15 is 0 Å². The van der Waals surface area contributed by atoms with Crippen LogP contribution in [0.5, 0.6) is 0 Å². The van der Waals surface area contributed by atoms with E-state index in [1.165, 1.54) is 37.0 Å². The molecule has 1 aromatic rings. The molecule has 1 aliphatic carbocycles. The number of hydrogen-bond acceptors (Lipinski definition) is 3. The topological polar surface area (TPSA) is 42.0 Å². The van der Waals surface area contributed by atoms with Crippen LogP contribution in [0.15, 0.2) is 11.7 Å². The number of alkyl halides is 1. The van der Waals surface area contributed by atoms with E-state index < -0.39 is 0 Å². The molecule has 1 aliphatic rings. The van der Waals surface area contributed by atoms with Crippen molar-refractivity contribution in [2.24, 2.45) is 5.92 Å². The number of nitrogens with zero attached hydrogens (tertiary/aromatic N) is 1. The van der Waals surface area contributed by atoms with Crippen molar-refractivity contribution < 1.29 is 4.79 Å². The lowest BCUT2D eigenvalue weighted by molar-refractivity contribution is 0.0948. The highest BCUT2D eigenvalue weighted by atomic mass is 79.9. The zero-order valence-corrected chi connectivity index (χ0v) is 11.4. The zero-order chi connectivity index (χ0) is 11.4. The van der Waals surface area contributed by atoms with Gasteiger partial charge in [0, 0.05) is 11.4 Å². The molecular weight excluding hydrogens is 288 g/mol. The highest BCUT2D eigenvalue weighted by Crippen LogP contribution is 2.29. The fourth-order valence-corrected chi connectivity index (χ4v) is 3.34. The molecule has 1 aromatic heterocycles. The maximum absolute atomic E-state index is 11.7. The Labute approximate surface area is 108 Å². The molecule has 1 heterocycles. The largest absolute Gasteiger partial charge is 0.351 e. The van der Waals surface area contributed by atoms with E-state index in [1.807, 2.05) is 0 Å². The second-order valence-electron chi connectivity index (χ2n) is 4.14. The standard InChI is InChI=1S/C11H15BrN2OS/c12-9-4-2-1-3-8(9)5-14-11(15)10-6-13-7-16-10/h6-9H,1-5H2,(H,14,15). The van der Waals surface area contributed by atoms with Crippen LogP contribution >= 0.6 is 27.3 Å². The number of hydrogen-bond donors (Lipinski definition) is 1. The maximum atomic E-state index is 11.7. The SMILES string of the molecule is O=C(NCC1CCCCC1Br)c1cncs1. The lowest BCUT2D eigenvalue weighted by Crippen LogP contribution is -2.34. The van der Waals surface area contributed by atoms with Gasteiger partial charge in [0.2, 0.25) is 0 Å². The Morgan fingerprint density at radius 2 is 2.38 bits per heavy atom. The molecule has 1 fully saturated rings. The average Bonchev–Trinajstić information content (AvgIpc) is 2.81. The highest BCUT2D eigenvalue weighted by Gasteiger charge is 2.23. The minimum Gasteiger partial charge on any atom is -0.351 e. The molecule has 2 rings (SSSR count). The summed E-state index contributed by atoms with van der Waals surface area (Å²) in [6.07, 6.45) is 6.63. The number of halogens is 1. The molecule has 2 atom stereocenters. The number of carbonyl (C=O) groups excluding carboxylic acids is 1. The molecule has 2 unspecified atom stereocenters. The van der Waals surface area contributed by atoms with Gasteiger partial charge in [-0.05, 0) is 18.8 Å². The lowest BCUT2D eigenvalue weighted by atomic mass is 9.89. The first-order chi connectivity index (χ1) is 7.77. The third-order valence-corrected chi connectivity index (χ3v) is 4.97. The number of aromatic nitrogens is 1. The maximum Gasteiger partial charge on any atom is 0.263 e. The van der Waals surface area contributed by atoms with E-state index in [0.717, 1.165) is 6.54 Å². The van der Waals surface area contributed by atoms with E-state index in [1.54, 1.807) is 11.7 Å². The van der Waals surface area contributed by atoms with Gasteiger partial charge < -0.3 is 5.32 Å². The van der Waals surface area contributed by atoms with Gasteiger partial charge in [0.15, 0.2) is 0 Å². The Kier molecular flexibility index (Phi) is 4.35. The summed E-state index contributed by atoms with van der Waals surface area (Å²) in [6, 6.07) is 0. The van der Waals surface area contributed by atoms with Crippen LogP contribution in [0.25, 0.3) is 0 Å². The first-order valence-corrected chi connectivity index (χ1v) is 7.37. The van der Waals surface area contributed by atoms with Crippen molar-refractivity contribution in [1.29, 1.82) is 0 Å². The molecule has 0 radical (unpaired) electrons. The predicted octanol–water partition coefficient (Wildman–Crippen LogP) is 2.83. The van der Waals surface area contributed by atoms with Crippen molar-refractivity contribution in [3.63, 3.8) is 0 Å². The van der Waals surface area contributed by atoms with Gasteiger partial charge in [-0.15, -0.1) is 11.3 Å². The summed E-state index contributed by atoms with van der Waals surface area (Å²) in [5, 5.41) is 2.99. The monoisotopic (exact) mass is 302 g/mol. The van der Waals surface area contributed by atoms with Gasteiger partial charge in [-0.25, -0.2) is 0 Å². The van der Waals surface area contributed by atoms with Crippen molar-refractivity contribution in [1.82, 2.24) is 10.3 Å². The Morgan fingerprint density at radius 1 is 1.56 bits per heavy atom. The molecule has 0 spiro atoms. The third kappa shape index (κ3) is 3.04. The van der Waals surface area contributed by atoms with Gasteiger partial charge >= 0.3 is 0 Å². The quantitative estimate of drug-likeness (QED) is 0.873. The second-order valence-corrected chi connectivity index (χ2v) is 6.20. The van der Waals surface area contributed by atoms with E-state index in [0.29, 0.717) is 15.6 Å². The molecule has 1 saturated carbocycles. The van der Waals surface area contributed by atoms with Crippen LogP contribution in [-0.4, -0.2) is 22.3 Å². The summed E-state index contributed by atoms with van der Waals surface area (Å²) < 4.78 is 0. The lowest BCUT2D eigenvalue weighted by Gasteiger charge is -2.27. The molecule has 0 bridgehead atoms. The summed E-state index contributed by atoms with van der Waals surface area (Å²) >= 11 is 5.08. The second kappa shape index (κ2) is 5.77. The van der Waals surface area contributed by atoms with Gasteiger partial charge in [0.1, 0.15) is 4.88 Å². The molecule has 5 heteroatoms. The first kappa shape index (κ1) is 12.0. The Hall–Kier alpha value is -0.420. The summed E-state index contributed by atoms with van der Waals surface area (Å²) in [7, 11) is 0. The molecule has 0 aromatic carbocycles. The van der Waals surface area contributed by atoms with E-state index in [-0.39, 0.29) is 5.91 Å². The minimum atomic E-state index is 0.00720. The number of carbonyl (C=O) groups is 1. The molecule has 0 saturated heterocycles. The summed E-state index contributed by atoms with van der Waals surface area (Å²) in [6.45, 7) is 0.770. The van der Waals surface area contributed by atoms with E-state index in [2.05, 4.69) is 26.2 Å². The Balaban J connectivity index is 1.80. The van der Waals surface area contributed by atoms with Crippen LogP contribution in [0.3, 0.4) is 0 Å². The number of nitrogens with one attached hydrogen (secondary N) is 1. The van der Waals surface area contributed by atoms with Gasteiger partial charge in [0.05, 0.1) is 11.7 Å². The summed E-state index contributed by atoms with van der Waals surface area (Å²) in [5.41, 5.74) is 1.68. The van der Waals surface area contributed by atoms with Crippen LogP contribution in [-0.2, 0) is 0 Å². The molecular formula is C11H15BrN2OS. The molecule has 3 nitrogen and oxygen atoms in total. The Bertz CT molecular complexity index is 342. The van der Waals surface area contributed by atoms with Crippen LogP contribution in [0.1, 0.15) is 35.4 Å². The molecule has 0 aliphatic heterocycles. The molecule has 88 valence electrons. The van der Waals surface area contributed by atoms with Crippen LogP contribution in [0.4, 0.5) is 0 Å². The fraction of sp³-hybridized carbons (Fsp3) is 0.636. The third-order valence-electron chi connectivity index (χ3n) is 3.00. The van der Waals surface area contributed by atoms with Crippen LogP contribution in [0.2, 0.25) is 0 Å². The summed E-state index contributed by atoms with van der Waals surface area (Å²) in [4.78, 5) is 16.9. The van der Waals surface area contributed by atoms with E-state index in [4.69, 9.17) is 0 Å². The number of thiazole rings is 1. The summed E-state index contributed by atoms with van der Waals surface area (Å²) in [5.74, 6) is 0.582. The van der Waals surface area contributed by atoms with Crippen molar-refractivity contribution in [2.45, 2.75) is 30.5 Å². The number of amides is 1. The first-order valence-electron chi connectivity index (χ1n) is 5.58. The minimum absolute atomic E-state index is 0.00720. The smallest absolute Gasteiger partial charge is 0.263 e. The fourth-order valence-electron chi connectivity index (χ4n) is 2.03. The molecule has 16 heavy (non-hydrogen) atoms. The van der Waals surface area contributed by atoms with Gasteiger partial charge in [0.25, 0.3) is 5.91 Å². The van der Waals surface area contributed by atoms with Crippen molar-refractivity contribution in [2.75, 3.05) is 6.54 Å².